The van der Waals surface area contributed by atoms with E-state index in [0.717, 1.165) is 40.1 Å². The predicted molar refractivity (Wildman–Crippen MR) is 69.5 cm³/mol. The number of nitrogens with zero attached hydrogens (tertiary/aromatic N) is 1. The molecular weight excluding hydrogens is 230 g/mol. The van der Waals surface area contributed by atoms with Crippen LogP contribution in [0.5, 0.6) is 0 Å². The Balaban J connectivity index is 2.56. The van der Waals surface area contributed by atoms with Crippen molar-refractivity contribution in [2.24, 2.45) is 5.41 Å². The van der Waals surface area contributed by atoms with Crippen LogP contribution in [0.25, 0.3) is 0 Å². The summed E-state index contributed by atoms with van der Waals surface area (Å²) < 4.78 is 0. The Bertz CT molecular complexity index is 505. The van der Waals surface area contributed by atoms with Gasteiger partial charge in [0, 0.05) is 16.9 Å². The highest BCUT2D eigenvalue weighted by Crippen LogP contribution is 2.41. The molecule has 1 aliphatic carbocycles. The van der Waals surface area contributed by atoms with Crippen LogP contribution in [0.2, 0.25) is 0 Å². The molecule has 0 saturated heterocycles. The number of fused-ring (bicyclic) bond motifs is 1. The van der Waals surface area contributed by atoms with Crippen LogP contribution in [0.4, 0.5) is 0 Å². The Morgan fingerprint density at radius 2 is 2.12 bits per heavy atom. The molecule has 0 unspecified atom stereocenters. The Labute approximate surface area is 106 Å². The zero-order valence-corrected chi connectivity index (χ0v) is 11.4. The third-order valence-corrected chi connectivity index (χ3v) is 4.43. The number of carbonyl (C=O) groups excluding carboxylic acids is 1. The van der Waals surface area contributed by atoms with Crippen molar-refractivity contribution in [1.82, 2.24) is 0 Å². The molecule has 3 heteroatoms. The van der Waals surface area contributed by atoms with E-state index in [1.165, 1.54) is 11.3 Å². The van der Waals surface area contributed by atoms with E-state index in [-0.39, 0.29) is 11.2 Å². The number of Topliss-reactive ketones (excluding diaryl/α,β-unsaturated/α-hetero) is 1. The largest absolute Gasteiger partial charge is 0.294 e. The van der Waals surface area contributed by atoms with Crippen molar-refractivity contribution >= 4 is 17.1 Å². The van der Waals surface area contributed by atoms with Crippen molar-refractivity contribution in [2.45, 2.75) is 46.5 Å². The van der Waals surface area contributed by atoms with Gasteiger partial charge in [0.2, 0.25) is 0 Å². The second kappa shape index (κ2) is 4.27. The fourth-order valence-electron chi connectivity index (χ4n) is 2.57. The summed E-state index contributed by atoms with van der Waals surface area (Å²) in [6.45, 7) is 6.31. The first-order valence-corrected chi connectivity index (χ1v) is 6.88. The van der Waals surface area contributed by atoms with Crippen LogP contribution in [-0.2, 0) is 12.8 Å². The molecule has 2 nitrogen and oxygen atoms in total. The third kappa shape index (κ3) is 2.14. The van der Waals surface area contributed by atoms with Crippen molar-refractivity contribution in [3.05, 3.63) is 20.9 Å². The van der Waals surface area contributed by atoms with Gasteiger partial charge in [-0.1, -0.05) is 27.2 Å². The Morgan fingerprint density at radius 3 is 2.71 bits per heavy atom. The van der Waals surface area contributed by atoms with Gasteiger partial charge in [-0.05, 0) is 23.8 Å². The molecule has 2 rings (SSSR count). The summed E-state index contributed by atoms with van der Waals surface area (Å²) in [7, 11) is 0. The Hall–Kier alpha value is -1.14. The maximum Gasteiger partial charge on any atom is 0.164 e. The quantitative estimate of drug-likeness (QED) is 0.799. The number of hydrogen-bond donors (Lipinski definition) is 0. The summed E-state index contributed by atoms with van der Waals surface area (Å²) in [5.74, 6) is 0.234. The number of hydrogen-bond acceptors (Lipinski definition) is 3. The van der Waals surface area contributed by atoms with E-state index in [2.05, 4.69) is 26.8 Å². The summed E-state index contributed by atoms with van der Waals surface area (Å²) >= 11 is 1.52. The topological polar surface area (TPSA) is 40.9 Å². The molecule has 0 saturated carbocycles. The lowest BCUT2D eigenvalue weighted by molar-refractivity contribution is 0.0912. The molecule has 1 heterocycles. The van der Waals surface area contributed by atoms with E-state index < -0.39 is 0 Å². The minimum atomic E-state index is 0.000239. The maximum atomic E-state index is 12.2. The Kier molecular flexibility index (Phi) is 3.09. The number of thiophene rings is 1. The number of ketones is 1. The van der Waals surface area contributed by atoms with E-state index in [1.807, 2.05) is 0 Å². The molecule has 1 aromatic rings. The van der Waals surface area contributed by atoms with Crippen molar-refractivity contribution < 1.29 is 4.79 Å². The van der Waals surface area contributed by atoms with Crippen LogP contribution in [0, 0.1) is 16.7 Å². The van der Waals surface area contributed by atoms with E-state index in [0.29, 0.717) is 6.42 Å². The molecule has 0 radical (unpaired) electrons. The highest BCUT2D eigenvalue weighted by Gasteiger charge is 2.35. The zero-order valence-electron chi connectivity index (χ0n) is 10.6. The van der Waals surface area contributed by atoms with Crippen molar-refractivity contribution in [3.8, 4) is 6.07 Å². The van der Waals surface area contributed by atoms with Crippen LogP contribution in [-0.4, -0.2) is 5.78 Å². The first kappa shape index (κ1) is 12.3. The molecule has 1 aliphatic rings. The molecule has 0 atom stereocenters. The highest BCUT2D eigenvalue weighted by molar-refractivity contribution is 7.13. The lowest BCUT2D eigenvalue weighted by atomic mass is 9.73. The van der Waals surface area contributed by atoms with Gasteiger partial charge in [0.25, 0.3) is 0 Å². The molecule has 90 valence electrons. The summed E-state index contributed by atoms with van der Waals surface area (Å²) in [4.78, 5) is 14.1. The van der Waals surface area contributed by atoms with Gasteiger partial charge < -0.3 is 0 Å². The zero-order chi connectivity index (χ0) is 12.6. The van der Waals surface area contributed by atoms with Crippen LogP contribution in [0.1, 0.15) is 59.3 Å². The van der Waals surface area contributed by atoms with E-state index >= 15 is 0 Å². The van der Waals surface area contributed by atoms with Crippen molar-refractivity contribution in [1.29, 1.82) is 5.26 Å². The molecule has 0 amide bonds. The monoisotopic (exact) mass is 247 g/mol. The first-order valence-electron chi connectivity index (χ1n) is 6.06. The van der Waals surface area contributed by atoms with Gasteiger partial charge in [-0.2, -0.15) is 5.26 Å². The van der Waals surface area contributed by atoms with Crippen LogP contribution in [0.15, 0.2) is 0 Å². The lowest BCUT2D eigenvalue weighted by Gasteiger charge is -2.29. The highest BCUT2D eigenvalue weighted by atomic mass is 32.1. The van der Waals surface area contributed by atoms with Gasteiger partial charge in [0.05, 0.1) is 0 Å². The van der Waals surface area contributed by atoms with Gasteiger partial charge in [0.1, 0.15) is 10.9 Å². The number of nitriles is 1. The molecular formula is C14H17NOS. The van der Waals surface area contributed by atoms with Crippen LogP contribution in [0.3, 0.4) is 0 Å². The molecule has 1 aromatic heterocycles. The number of aryl methyl sites for hydroxylation is 1. The van der Waals surface area contributed by atoms with Gasteiger partial charge in [-0.15, -0.1) is 11.3 Å². The molecule has 0 N–H and O–H groups in total. The smallest absolute Gasteiger partial charge is 0.164 e. The summed E-state index contributed by atoms with van der Waals surface area (Å²) in [5, 5.41) is 9.18. The van der Waals surface area contributed by atoms with Gasteiger partial charge in [-0.3, -0.25) is 4.79 Å². The molecule has 0 spiro atoms. The van der Waals surface area contributed by atoms with Crippen LogP contribution < -0.4 is 0 Å². The maximum absolute atomic E-state index is 12.2. The van der Waals surface area contributed by atoms with E-state index in [9.17, 15) is 10.1 Å². The average molecular weight is 247 g/mol. The molecule has 0 aromatic carbocycles. The molecule has 0 aliphatic heterocycles. The predicted octanol–water partition coefficient (Wildman–Crippen LogP) is 3.73. The van der Waals surface area contributed by atoms with Gasteiger partial charge >= 0.3 is 0 Å². The van der Waals surface area contributed by atoms with E-state index in [1.54, 1.807) is 0 Å². The minimum Gasteiger partial charge on any atom is -0.294 e. The molecule has 0 fully saturated rings. The summed E-state index contributed by atoms with van der Waals surface area (Å²) in [6, 6.07) is 2.26. The third-order valence-electron chi connectivity index (χ3n) is 3.23. The molecule has 17 heavy (non-hydrogen) atoms. The Morgan fingerprint density at radius 1 is 1.41 bits per heavy atom. The normalized spacial score (nSPS) is 17.6. The van der Waals surface area contributed by atoms with Crippen molar-refractivity contribution in [2.75, 3.05) is 0 Å². The number of carbonyl (C=O) groups is 1. The minimum absolute atomic E-state index is 0.000239. The fourth-order valence-corrected chi connectivity index (χ4v) is 3.80. The SMILES string of the molecule is CCCc1sc(C#N)c2c1C(=O)CC(C)(C)C2. The van der Waals surface area contributed by atoms with E-state index in [4.69, 9.17) is 0 Å². The van der Waals surface area contributed by atoms with Gasteiger partial charge in [-0.25, -0.2) is 0 Å². The van der Waals surface area contributed by atoms with Crippen molar-refractivity contribution in [3.63, 3.8) is 0 Å². The average Bonchev–Trinajstić information content (AvgIpc) is 2.55. The fraction of sp³-hybridized carbons (Fsp3) is 0.571. The molecule has 0 bridgehead atoms. The van der Waals surface area contributed by atoms with Gasteiger partial charge in [0.15, 0.2) is 5.78 Å². The second-order valence-electron chi connectivity index (χ2n) is 5.51. The summed E-state index contributed by atoms with van der Waals surface area (Å²) in [6.07, 6.45) is 3.41. The summed E-state index contributed by atoms with van der Waals surface area (Å²) in [5.41, 5.74) is 1.90. The second-order valence-corrected chi connectivity index (χ2v) is 6.62. The standard InChI is InChI=1S/C14H17NOS/c1-4-5-11-13-9(12(8-15)17-11)6-14(2,3)7-10(13)16/h4-7H2,1-3H3. The number of rotatable bonds is 2. The first-order chi connectivity index (χ1) is 7.98. The van der Waals surface area contributed by atoms with Crippen LogP contribution >= 0.6 is 11.3 Å². The lowest BCUT2D eigenvalue weighted by Crippen LogP contribution is -2.27.